The monoisotopic (exact) mass is 630 g/mol. The first kappa shape index (κ1) is 30.5. The molecule has 1 fully saturated rings. The maximum absolute atomic E-state index is 15.2. The molecular formula is C33H32F2N6O3S. The van der Waals surface area contributed by atoms with Crippen LogP contribution in [0.15, 0.2) is 79.4 Å². The van der Waals surface area contributed by atoms with E-state index < -0.39 is 27.1 Å². The Bertz CT molecular complexity index is 1960. The van der Waals surface area contributed by atoms with E-state index in [9.17, 15) is 12.8 Å². The van der Waals surface area contributed by atoms with Gasteiger partial charge in [0.05, 0.1) is 22.8 Å². The molecule has 6 rings (SSSR count). The van der Waals surface area contributed by atoms with Crippen LogP contribution in [0.3, 0.4) is 0 Å². The number of hydrogen-bond donors (Lipinski definition) is 2. The molecule has 0 unspecified atom stereocenters. The lowest BCUT2D eigenvalue weighted by Crippen LogP contribution is -2.50. The number of piperidine rings is 1. The topological polar surface area (TPSA) is 119 Å². The fraction of sp³-hybridized carbons (Fsp3) is 0.273. The summed E-state index contributed by atoms with van der Waals surface area (Å²) in [7, 11) is -3.69. The van der Waals surface area contributed by atoms with Crippen LogP contribution in [0.5, 0.6) is 11.6 Å². The summed E-state index contributed by atoms with van der Waals surface area (Å²) in [5.41, 5.74) is 1.06. The number of halogens is 2. The average molecular weight is 631 g/mol. The molecule has 0 saturated carbocycles. The molecule has 3 aromatic carbocycles. The highest BCUT2D eigenvalue weighted by atomic mass is 32.2. The van der Waals surface area contributed by atoms with Crippen molar-refractivity contribution < 1.29 is 21.9 Å². The predicted molar refractivity (Wildman–Crippen MR) is 169 cm³/mol. The molecule has 0 aliphatic carbocycles. The van der Waals surface area contributed by atoms with Gasteiger partial charge in [0.2, 0.25) is 11.8 Å². The number of rotatable bonds is 9. The second-order valence-corrected chi connectivity index (χ2v) is 13.6. The molecule has 2 atom stereocenters. The van der Waals surface area contributed by atoms with Crippen LogP contribution in [-0.2, 0) is 21.3 Å². The molecule has 232 valence electrons. The minimum Gasteiger partial charge on any atom is -0.437 e. The summed E-state index contributed by atoms with van der Waals surface area (Å²) in [6.45, 7) is 4.27. The number of aryl methyl sites for hydroxylation is 1. The van der Waals surface area contributed by atoms with Crippen LogP contribution in [0.4, 0.5) is 14.7 Å². The summed E-state index contributed by atoms with van der Waals surface area (Å²) in [5, 5.41) is 7.26. The number of hydrogen-bond acceptors (Lipinski definition) is 9. The van der Waals surface area contributed by atoms with Crippen LogP contribution >= 0.6 is 0 Å². The first-order valence-electron chi connectivity index (χ1n) is 14.5. The number of benzene rings is 3. The fourth-order valence-corrected chi connectivity index (χ4v) is 7.14. The third-order valence-corrected chi connectivity index (χ3v) is 9.19. The maximum Gasteiger partial charge on any atom is 0.231 e. The van der Waals surface area contributed by atoms with Crippen molar-refractivity contribution in [1.29, 1.82) is 0 Å². The first-order chi connectivity index (χ1) is 21.6. The fourth-order valence-electron chi connectivity index (χ4n) is 5.60. The zero-order valence-electron chi connectivity index (χ0n) is 24.8. The highest BCUT2D eigenvalue weighted by molar-refractivity contribution is 7.89. The summed E-state index contributed by atoms with van der Waals surface area (Å²) < 4.78 is 62.4. The highest BCUT2D eigenvalue weighted by Gasteiger charge is 2.32. The minimum absolute atomic E-state index is 0.0734. The third-order valence-electron chi connectivity index (χ3n) is 7.69. The van der Waals surface area contributed by atoms with E-state index in [1.807, 2.05) is 13.0 Å². The van der Waals surface area contributed by atoms with Crippen LogP contribution in [0, 0.1) is 12.7 Å². The van der Waals surface area contributed by atoms with Crippen molar-refractivity contribution >= 4 is 26.6 Å². The van der Waals surface area contributed by atoms with E-state index in [1.165, 1.54) is 12.4 Å². The molecule has 1 aliphatic rings. The van der Waals surface area contributed by atoms with Gasteiger partial charge in [-0.3, -0.25) is 0 Å². The van der Waals surface area contributed by atoms with Gasteiger partial charge in [-0.15, -0.1) is 0 Å². The van der Waals surface area contributed by atoms with Gasteiger partial charge >= 0.3 is 0 Å². The van der Waals surface area contributed by atoms with E-state index in [1.54, 1.807) is 67.8 Å². The lowest BCUT2D eigenvalue weighted by Gasteiger charge is -2.33. The second kappa shape index (κ2) is 12.4. The van der Waals surface area contributed by atoms with Crippen LogP contribution in [0.25, 0.3) is 22.0 Å². The maximum atomic E-state index is 15.2. The molecule has 45 heavy (non-hydrogen) atoms. The molecule has 3 heterocycles. The number of aromatic nitrogens is 4. The summed E-state index contributed by atoms with van der Waals surface area (Å²) in [6.07, 6.45) is 4.81. The van der Waals surface area contributed by atoms with Crippen molar-refractivity contribution in [2.45, 2.75) is 43.5 Å². The SMILES string of the molecule is Cc1ccc2c(CS(=O)(=O)Cc3ccccc3)c(F)ccc2c1Oc1ncncc1-c1ccnc(N[C@@H]2CNC[C@@](C)(F)C2)n1. The number of alkyl halides is 1. The highest BCUT2D eigenvalue weighted by Crippen LogP contribution is 2.38. The van der Waals surface area contributed by atoms with Gasteiger partial charge in [0.25, 0.3) is 0 Å². The van der Waals surface area contributed by atoms with Gasteiger partial charge in [0.1, 0.15) is 23.6 Å². The summed E-state index contributed by atoms with van der Waals surface area (Å²) in [6, 6.07) is 16.6. The van der Waals surface area contributed by atoms with E-state index in [0.29, 0.717) is 58.8 Å². The van der Waals surface area contributed by atoms with E-state index in [4.69, 9.17) is 4.74 Å². The second-order valence-electron chi connectivity index (χ2n) is 11.5. The van der Waals surface area contributed by atoms with E-state index in [2.05, 4.69) is 30.6 Å². The smallest absolute Gasteiger partial charge is 0.231 e. The van der Waals surface area contributed by atoms with Crippen LogP contribution < -0.4 is 15.4 Å². The van der Waals surface area contributed by atoms with Gasteiger partial charge in [-0.05, 0) is 48.6 Å². The number of anilines is 1. The summed E-state index contributed by atoms with van der Waals surface area (Å²) in [5.74, 6) is -0.366. The molecule has 0 amide bonds. The number of nitrogens with zero attached hydrogens (tertiary/aromatic N) is 4. The van der Waals surface area contributed by atoms with Crippen LogP contribution in [0.1, 0.15) is 30.0 Å². The minimum atomic E-state index is -3.69. The van der Waals surface area contributed by atoms with Crippen molar-refractivity contribution in [2.75, 3.05) is 18.4 Å². The van der Waals surface area contributed by atoms with Crippen molar-refractivity contribution in [3.05, 3.63) is 102 Å². The Balaban J connectivity index is 1.31. The Morgan fingerprint density at radius 1 is 1.04 bits per heavy atom. The molecule has 0 radical (unpaired) electrons. The van der Waals surface area contributed by atoms with Crippen LogP contribution in [-0.4, -0.2) is 53.2 Å². The third kappa shape index (κ3) is 7.07. The standard InChI is InChI=1S/C33H32F2N6O3S/c1-21-8-9-24-25(10-11-28(34)27(24)18-45(42,43)17-22-6-4-3-5-7-22)30(21)44-31-26(16-37-20-39-31)29-12-13-38-32(41-29)40-23-14-33(2,35)19-36-15-23/h3-13,16,20,23,36H,14-15,17-19H2,1-2H3,(H,38,40,41)/t23-,33-/m0/s1. The Morgan fingerprint density at radius 2 is 1.84 bits per heavy atom. The summed E-state index contributed by atoms with van der Waals surface area (Å²) in [4.78, 5) is 17.5. The number of ether oxygens (including phenoxy) is 1. The number of sulfone groups is 1. The molecule has 0 spiro atoms. The van der Waals surface area contributed by atoms with E-state index in [-0.39, 0.29) is 23.2 Å². The van der Waals surface area contributed by atoms with Gasteiger partial charge in [-0.1, -0.05) is 42.5 Å². The van der Waals surface area contributed by atoms with Crippen molar-refractivity contribution in [3.63, 3.8) is 0 Å². The average Bonchev–Trinajstić information content (AvgIpc) is 3.00. The molecule has 1 saturated heterocycles. The van der Waals surface area contributed by atoms with E-state index in [0.717, 1.165) is 5.56 Å². The van der Waals surface area contributed by atoms with Crippen molar-refractivity contribution in [3.8, 4) is 22.9 Å². The normalized spacial score (nSPS) is 18.5. The summed E-state index contributed by atoms with van der Waals surface area (Å²) >= 11 is 0. The van der Waals surface area contributed by atoms with E-state index >= 15 is 4.39 Å². The molecule has 2 aromatic heterocycles. The first-order valence-corrected chi connectivity index (χ1v) is 16.3. The van der Waals surface area contributed by atoms with Gasteiger partial charge in [-0.25, -0.2) is 37.1 Å². The quantitative estimate of drug-likeness (QED) is 0.204. The van der Waals surface area contributed by atoms with Gasteiger partial charge in [0.15, 0.2) is 9.84 Å². The zero-order chi connectivity index (χ0) is 31.6. The van der Waals surface area contributed by atoms with Gasteiger partial charge in [0, 0.05) is 48.9 Å². The number of fused-ring (bicyclic) bond motifs is 1. The zero-order valence-corrected chi connectivity index (χ0v) is 25.6. The lowest BCUT2D eigenvalue weighted by molar-refractivity contribution is 0.137. The van der Waals surface area contributed by atoms with Crippen molar-refractivity contribution in [2.24, 2.45) is 0 Å². The molecule has 5 aromatic rings. The molecular weight excluding hydrogens is 598 g/mol. The van der Waals surface area contributed by atoms with Crippen LogP contribution in [0.2, 0.25) is 0 Å². The Morgan fingerprint density at radius 3 is 2.64 bits per heavy atom. The number of nitrogens with one attached hydrogen (secondary N) is 2. The lowest BCUT2D eigenvalue weighted by atomic mass is 9.95. The Labute approximate surface area is 260 Å². The molecule has 2 N–H and O–H groups in total. The van der Waals surface area contributed by atoms with Crippen molar-refractivity contribution in [1.82, 2.24) is 25.3 Å². The van der Waals surface area contributed by atoms with Gasteiger partial charge in [-0.2, -0.15) is 0 Å². The van der Waals surface area contributed by atoms with Gasteiger partial charge < -0.3 is 15.4 Å². The molecule has 1 aliphatic heterocycles. The largest absolute Gasteiger partial charge is 0.437 e. The predicted octanol–water partition coefficient (Wildman–Crippen LogP) is 5.94. The Kier molecular flexibility index (Phi) is 8.43. The molecule has 12 heteroatoms. The molecule has 9 nitrogen and oxygen atoms in total. The Hall–Kier alpha value is -4.55. The molecule has 0 bridgehead atoms.